The van der Waals surface area contributed by atoms with Crippen LogP contribution in [0.5, 0.6) is 0 Å². The Hall–Kier alpha value is 0.120. The molecule has 0 saturated heterocycles. The Bertz CT molecular complexity index is 524. The van der Waals surface area contributed by atoms with E-state index in [1.807, 2.05) is 30.3 Å². The third kappa shape index (κ3) is 3.57. The summed E-state index contributed by atoms with van der Waals surface area (Å²) < 4.78 is 3.06. The van der Waals surface area contributed by atoms with Gasteiger partial charge in [-0.2, -0.15) is 0 Å². The highest BCUT2D eigenvalue weighted by molar-refractivity contribution is 9.13. The molecule has 0 amide bonds. The molecule has 0 bridgehead atoms. The van der Waals surface area contributed by atoms with E-state index in [0.29, 0.717) is 0 Å². The van der Waals surface area contributed by atoms with Crippen molar-refractivity contribution < 1.29 is 5.11 Å². The van der Waals surface area contributed by atoms with Crippen LogP contribution in [0.25, 0.3) is 0 Å². The Kier molecular flexibility index (Phi) is 5.26. The summed E-state index contributed by atoms with van der Waals surface area (Å²) in [6, 6.07) is 9.80. The second-order valence-electron chi connectivity index (χ2n) is 3.66. The van der Waals surface area contributed by atoms with Crippen LogP contribution < -0.4 is 5.32 Å². The maximum Gasteiger partial charge on any atom is 0.0844 e. The van der Waals surface area contributed by atoms with Gasteiger partial charge in [-0.15, -0.1) is 11.3 Å². The molecule has 96 valence electrons. The van der Waals surface area contributed by atoms with E-state index in [1.165, 1.54) is 0 Å². The second kappa shape index (κ2) is 6.52. The zero-order valence-electron chi connectivity index (χ0n) is 9.16. The second-order valence-corrected chi connectivity index (χ2v) is 7.83. The molecule has 0 aliphatic rings. The normalized spacial score (nSPS) is 12.4. The highest BCUT2D eigenvalue weighted by atomic mass is 79.9. The quantitative estimate of drug-likeness (QED) is 0.665. The molecule has 2 N–H and O–H groups in total. The van der Waals surface area contributed by atoms with Crippen molar-refractivity contribution in [1.82, 2.24) is 0 Å². The number of halogens is 3. The number of hydrogen-bond acceptors (Lipinski definition) is 3. The lowest BCUT2D eigenvalue weighted by molar-refractivity contribution is 0.278. The molecule has 0 radical (unpaired) electrons. The lowest BCUT2D eigenvalue weighted by atomic mass is 10.2. The Morgan fingerprint density at radius 1 is 1.22 bits per heavy atom. The van der Waals surface area contributed by atoms with Crippen molar-refractivity contribution in [2.75, 3.05) is 11.9 Å². The molecule has 6 heteroatoms. The van der Waals surface area contributed by atoms with Crippen LogP contribution in [0.4, 0.5) is 5.69 Å². The van der Waals surface area contributed by atoms with Gasteiger partial charge >= 0.3 is 0 Å². The lowest BCUT2D eigenvalue weighted by Gasteiger charge is -2.16. The summed E-state index contributed by atoms with van der Waals surface area (Å²) in [5.41, 5.74) is 0.976. The molecule has 2 aromatic rings. The average Bonchev–Trinajstić information content (AvgIpc) is 2.66. The number of nitrogens with one attached hydrogen (secondary N) is 1. The zero-order valence-corrected chi connectivity index (χ0v) is 14.7. The predicted molar refractivity (Wildman–Crippen MR) is 87.3 cm³/mol. The highest BCUT2D eigenvalue weighted by Gasteiger charge is 2.15. The summed E-state index contributed by atoms with van der Waals surface area (Å²) in [4.78, 5) is 1.08. The van der Waals surface area contributed by atoms with E-state index in [1.54, 1.807) is 11.3 Å². The molecule has 1 heterocycles. The number of aliphatic hydroxyl groups is 1. The average molecular weight is 456 g/mol. The summed E-state index contributed by atoms with van der Waals surface area (Å²) in [7, 11) is 0. The molecule has 0 aliphatic heterocycles. The van der Waals surface area contributed by atoms with Gasteiger partial charge in [-0.3, -0.25) is 0 Å². The van der Waals surface area contributed by atoms with Crippen molar-refractivity contribution in [2.45, 2.75) is 6.04 Å². The molecular weight excluding hydrogens is 446 g/mol. The summed E-state index contributed by atoms with van der Waals surface area (Å²) in [5, 5.41) is 12.8. The van der Waals surface area contributed by atoms with Crippen molar-refractivity contribution in [3.8, 4) is 0 Å². The standard InChI is InChI=1S/C12H10Br3NOS/c13-7-2-1-3-8(4-7)16-10(6-17)11-5-9(14)12(15)18-11/h1-5,10,16-17H,6H2. The van der Waals surface area contributed by atoms with E-state index < -0.39 is 0 Å². The van der Waals surface area contributed by atoms with Crippen LogP contribution in [0.15, 0.2) is 43.1 Å². The van der Waals surface area contributed by atoms with Crippen LogP contribution >= 0.6 is 59.1 Å². The summed E-state index contributed by atoms with van der Waals surface area (Å²) in [6.07, 6.45) is 0. The van der Waals surface area contributed by atoms with Crippen LogP contribution in [0, 0.1) is 0 Å². The Morgan fingerprint density at radius 3 is 2.56 bits per heavy atom. The first-order valence-corrected chi connectivity index (χ1v) is 8.37. The van der Waals surface area contributed by atoms with Gasteiger partial charge in [0.25, 0.3) is 0 Å². The molecule has 18 heavy (non-hydrogen) atoms. The first-order chi connectivity index (χ1) is 8.60. The van der Waals surface area contributed by atoms with Crippen LogP contribution in [0.2, 0.25) is 0 Å². The largest absolute Gasteiger partial charge is 0.394 e. The van der Waals surface area contributed by atoms with Crippen LogP contribution in [-0.4, -0.2) is 11.7 Å². The van der Waals surface area contributed by atoms with Gasteiger partial charge in [-0.25, -0.2) is 0 Å². The SMILES string of the molecule is OCC(Nc1cccc(Br)c1)c1cc(Br)c(Br)s1. The number of anilines is 1. The van der Waals surface area contributed by atoms with Gasteiger partial charge in [-0.1, -0.05) is 22.0 Å². The summed E-state index contributed by atoms with van der Waals surface area (Å²) in [6.45, 7) is 0.0475. The van der Waals surface area contributed by atoms with Gasteiger partial charge in [0.2, 0.25) is 0 Å². The smallest absolute Gasteiger partial charge is 0.0844 e. The molecule has 2 rings (SSSR count). The fraction of sp³-hybridized carbons (Fsp3) is 0.167. The monoisotopic (exact) mass is 453 g/mol. The third-order valence-corrected chi connectivity index (χ3v) is 6.22. The van der Waals surface area contributed by atoms with E-state index in [2.05, 4.69) is 53.1 Å². The Balaban J connectivity index is 2.19. The lowest BCUT2D eigenvalue weighted by Crippen LogP contribution is -2.13. The van der Waals surface area contributed by atoms with Gasteiger partial charge in [-0.05, 0) is 56.1 Å². The molecule has 1 aromatic carbocycles. The number of hydrogen-bond donors (Lipinski definition) is 2. The van der Waals surface area contributed by atoms with Gasteiger partial charge < -0.3 is 10.4 Å². The molecule has 1 atom stereocenters. The summed E-state index contributed by atoms with van der Waals surface area (Å²) >= 11 is 12.0. The minimum atomic E-state index is -0.105. The maximum absolute atomic E-state index is 9.51. The van der Waals surface area contributed by atoms with Crippen molar-refractivity contribution in [3.05, 3.63) is 47.9 Å². The topological polar surface area (TPSA) is 32.3 Å². The number of benzene rings is 1. The van der Waals surface area contributed by atoms with Crippen molar-refractivity contribution in [2.24, 2.45) is 0 Å². The van der Waals surface area contributed by atoms with Gasteiger partial charge in [0.15, 0.2) is 0 Å². The molecule has 0 spiro atoms. The molecule has 1 aromatic heterocycles. The molecular formula is C12H10Br3NOS. The minimum absolute atomic E-state index is 0.0475. The van der Waals surface area contributed by atoms with E-state index in [0.717, 1.165) is 23.3 Å². The van der Waals surface area contributed by atoms with Crippen LogP contribution in [-0.2, 0) is 0 Å². The number of aliphatic hydroxyl groups excluding tert-OH is 1. The first-order valence-electron chi connectivity index (χ1n) is 5.18. The van der Waals surface area contributed by atoms with E-state index in [-0.39, 0.29) is 12.6 Å². The van der Waals surface area contributed by atoms with Crippen molar-refractivity contribution in [3.63, 3.8) is 0 Å². The third-order valence-electron chi connectivity index (χ3n) is 2.36. The molecule has 0 aliphatic carbocycles. The maximum atomic E-state index is 9.51. The Labute approximate surface area is 135 Å². The predicted octanol–water partition coefficient (Wildman–Crippen LogP) is 5.18. The van der Waals surface area contributed by atoms with Crippen molar-refractivity contribution in [1.29, 1.82) is 0 Å². The van der Waals surface area contributed by atoms with E-state index >= 15 is 0 Å². The van der Waals surface area contributed by atoms with Crippen molar-refractivity contribution >= 4 is 64.8 Å². The van der Waals surface area contributed by atoms with Gasteiger partial charge in [0, 0.05) is 19.5 Å². The molecule has 0 saturated carbocycles. The van der Waals surface area contributed by atoms with Gasteiger partial charge in [0.05, 0.1) is 16.4 Å². The number of rotatable bonds is 4. The van der Waals surface area contributed by atoms with Gasteiger partial charge in [0.1, 0.15) is 0 Å². The zero-order chi connectivity index (χ0) is 13.1. The molecule has 0 fully saturated rings. The van der Waals surface area contributed by atoms with Crippen LogP contribution in [0.3, 0.4) is 0 Å². The number of thiophene rings is 1. The molecule has 2 nitrogen and oxygen atoms in total. The van der Waals surface area contributed by atoms with E-state index in [4.69, 9.17) is 0 Å². The first kappa shape index (κ1) is 14.5. The summed E-state index contributed by atoms with van der Waals surface area (Å²) in [5.74, 6) is 0. The molecule has 1 unspecified atom stereocenters. The fourth-order valence-electron chi connectivity index (χ4n) is 1.52. The van der Waals surface area contributed by atoms with Crippen LogP contribution in [0.1, 0.15) is 10.9 Å². The minimum Gasteiger partial charge on any atom is -0.394 e. The van der Waals surface area contributed by atoms with E-state index in [9.17, 15) is 5.11 Å². The Morgan fingerprint density at radius 2 is 2.00 bits per heavy atom. The highest BCUT2D eigenvalue weighted by Crippen LogP contribution is 2.36. The fourth-order valence-corrected chi connectivity index (χ4v) is 4.05.